The van der Waals surface area contributed by atoms with Crippen LogP contribution in [0.2, 0.25) is 0 Å². The number of likely N-dealkylation sites (N-methyl/N-ethyl adjacent to an activating group) is 1. The SMILES string of the molecule is C[C@H](c1ccc(-c2cc(N3CCN(C)CC3)nc(N)n2)cc1)N1CCOCC1. The maximum atomic E-state index is 6.03. The summed E-state index contributed by atoms with van der Waals surface area (Å²) in [5.74, 6) is 1.25. The highest BCUT2D eigenvalue weighted by molar-refractivity contribution is 5.65. The molecule has 150 valence electrons. The Morgan fingerprint density at radius 3 is 2.32 bits per heavy atom. The first-order chi connectivity index (χ1) is 13.6. The molecule has 0 saturated carbocycles. The summed E-state index contributed by atoms with van der Waals surface area (Å²) in [5.41, 5.74) is 9.29. The number of nitrogens with two attached hydrogens (primary N) is 1. The molecule has 2 fully saturated rings. The molecular weight excluding hydrogens is 352 g/mol. The molecule has 1 aromatic carbocycles. The number of nitrogens with zero attached hydrogens (tertiary/aromatic N) is 5. The summed E-state index contributed by atoms with van der Waals surface area (Å²) in [6.07, 6.45) is 0. The van der Waals surface area contributed by atoms with Crippen molar-refractivity contribution in [1.82, 2.24) is 19.8 Å². The van der Waals surface area contributed by atoms with E-state index < -0.39 is 0 Å². The number of aromatic nitrogens is 2. The third-order valence-corrected chi connectivity index (χ3v) is 5.84. The molecule has 2 aromatic rings. The second-order valence-electron chi connectivity index (χ2n) is 7.71. The van der Waals surface area contributed by atoms with Crippen molar-refractivity contribution in [1.29, 1.82) is 0 Å². The third kappa shape index (κ3) is 4.27. The lowest BCUT2D eigenvalue weighted by Gasteiger charge is -2.33. The minimum absolute atomic E-state index is 0.331. The highest BCUT2D eigenvalue weighted by atomic mass is 16.5. The van der Waals surface area contributed by atoms with Crippen LogP contribution in [0.1, 0.15) is 18.5 Å². The number of ether oxygens (including phenoxy) is 1. The van der Waals surface area contributed by atoms with Crippen LogP contribution in [-0.4, -0.2) is 79.3 Å². The Bertz CT molecular complexity index is 782. The van der Waals surface area contributed by atoms with Gasteiger partial charge in [-0.2, -0.15) is 4.98 Å². The minimum Gasteiger partial charge on any atom is -0.379 e. The van der Waals surface area contributed by atoms with Gasteiger partial charge in [0, 0.05) is 56.9 Å². The van der Waals surface area contributed by atoms with Gasteiger partial charge in [0.05, 0.1) is 18.9 Å². The molecule has 0 aliphatic carbocycles. The minimum atomic E-state index is 0.331. The zero-order valence-electron chi connectivity index (χ0n) is 16.8. The first-order valence-corrected chi connectivity index (χ1v) is 10.1. The van der Waals surface area contributed by atoms with E-state index in [1.165, 1.54) is 5.56 Å². The fraction of sp³-hybridized carbons (Fsp3) is 0.524. The Hall–Kier alpha value is -2.22. The molecule has 0 unspecified atom stereocenters. The molecule has 2 N–H and O–H groups in total. The van der Waals surface area contributed by atoms with E-state index in [4.69, 9.17) is 10.5 Å². The molecule has 7 heteroatoms. The number of anilines is 2. The summed E-state index contributed by atoms with van der Waals surface area (Å²) < 4.78 is 5.47. The van der Waals surface area contributed by atoms with Crippen LogP contribution in [0, 0.1) is 0 Å². The van der Waals surface area contributed by atoms with Gasteiger partial charge >= 0.3 is 0 Å². The highest BCUT2D eigenvalue weighted by Gasteiger charge is 2.19. The zero-order chi connectivity index (χ0) is 19.5. The van der Waals surface area contributed by atoms with Crippen molar-refractivity contribution in [3.05, 3.63) is 35.9 Å². The Morgan fingerprint density at radius 1 is 0.964 bits per heavy atom. The molecule has 2 saturated heterocycles. The fourth-order valence-electron chi connectivity index (χ4n) is 3.91. The van der Waals surface area contributed by atoms with Crippen LogP contribution in [0.5, 0.6) is 0 Å². The molecule has 2 aliphatic heterocycles. The lowest BCUT2D eigenvalue weighted by molar-refractivity contribution is 0.0198. The van der Waals surface area contributed by atoms with Crippen LogP contribution in [0.3, 0.4) is 0 Å². The quantitative estimate of drug-likeness (QED) is 0.865. The molecule has 0 bridgehead atoms. The van der Waals surface area contributed by atoms with E-state index in [-0.39, 0.29) is 0 Å². The molecule has 0 amide bonds. The molecule has 1 atom stereocenters. The van der Waals surface area contributed by atoms with Crippen molar-refractivity contribution in [2.75, 3.05) is 70.2 Å². The molecule has 0 radical (unpaired) electrons. The molecule has 1 aromatic heterocycles. The summed E-state index contributed by atoms with van der Waals surface area (Å²) in [4.78, 5) is 16.0. The van der Waals surface area contributed by atoms with Crippen molar-refractivity contribution in [3.63, 3.8) is 0 Å². The molecule has 3 heterocycles. The monoisotopic (exact) mass is 382 g/mol. The number of benzene rings is 1. The molecule has 0 spiro atoms. The maximum Gasteiger partial charge on any atom is 0.222 e. The van der Waals surface area contributed by atoms with Crippen LogP contribution in [-0.2, 0) is 4.74 Å². The summed E-state index contributed by atoms with van der Waals surface area (Å²) in [6, 6.07) is 11.1. The smallest absolute Gasteiger partial charge is 0.222 e. The predicted octanol–water partition coefficient (Wildman–Crippen LogP) is 1.87. The molecule has 2 aliphatic rings. The largest absolute Gasteiger partial charge is 0.379 e. The Labute approximate surface area is 167 Å². The first-order valence-electron chi connectivity index (χ1n) is 10.1. The third-order valence-electron chi connectivity index (χ3n) is 5.84. The van der Waals surface area contributed by atoms with Crippen LogP contribution in [0.15, 0.2) is 30.3 Å². The van der Waals surface area contributed by atoms with E-state index in [2.05, 4.69) is 69.0 Å². The lowest BCUT2D eigenvalue weighted by atomic mass is 10.0. The van der Waals surface area contributed by atoms with Gasteiger partial charge in [0.2, 0.25) is 5.95 Å². The molecule has 7 nitrogen and oxygen atoms in total. The lowest BCUT2D eigenvalue weighted by Crippen LogP contribution is -2.44. The van der Waals surface area contributed by atoms with Crippen molar-refractivity contribution < 1.29 is 4.74 Å². The van der Waals surface area contributed by atoms with Crippen LogP contribution in [0.25, 0.3) is 11.3 Å². The number of piperazine rings is 1. The van der Waals surface area contributed by atoms with Gasteiger partial charge in [-0.3, -0.25) is 4.90 Å². The second kappa shape index (κ2) is 8.43. The highest BCUT2D eigenvalue weighted by Crippen LogP contribution is 2.27. The molecule has 28 heavy (non-hydrogen) atoms. The summed E-state index contributed by atoms with van der Waals surface area (Å²) in [5, 5.41) is 0. The van der Waals surface area contributed by atoms with E-state index >= 15 is 0 Å². The average molecular weight is 383 g/mol. The van der Waals surface area contributed by atoms with Gasteiger partial charge in [-0.05, 0) is 19.5 Å². The first kappa shape index (κ1) is 19.1. The van der Waals surface area contributed by atoms with Crippen molar-refractivity contribution in [2.45, 2.75) is 13.0 Å². The standard InChI is InChI=1S/C21H30N6O/c1-16(26-11-13-28-14-12-26)17-3-5-18(6-4-17)19-15-20(24-21(22)23-19)27-9-7-25(2)8-10-27/h3-6,15-16H,7-14H2,1-2H3,(H2,22,23,24)/t16-/m1/s1. The van der Waals surface area contributed by atoms with Gasteiger partial charge in [0.25, 0.3) is 0 Å². The van der Waals surface area contributed by atoms with Gasteiger partial charge in [-0.1, -0.05) is 24.3 Å². The fourth-order valence-corrected chi connectivity index (χ4v) is 3.91. The van der Waals surface area contributed by atoms with E-state index in [0.29, 0.717) is 12.0 Å². The molecule has 4 rings (SSSR count). The van der Waals surface area contributed by atoms with Crippen LogP contribution >= 0.6 is 0 Å². The normalized spacial score (nSPS) is 20.3. The predicted molar refractivity (Wildman–Crippen MR) is 112 cm³/mol. The van der Waals surface area contributed by atoms with Crippen LogP contribution < -0.4 is 10.6 Å². The van der Waals surface area contributed by atoms with E-state index in [9.17, 15) is 0 Å². The van der Waals surface area contributed by atoms with E-state index in [1.807, 2.05) is 0 Å². The Kier molecular flexibility index (Phi) is 5.75. The molecular formula is C21H30N6O. The number of rotatable bonds is 4. The topological polar surface area (TPSA) is 70.8 Å². The van der Waals surface area contributed by atoms with Gasteiger partial charge in [0.15, 0.2) is 0 Å². The number of nitrogen functional groups attached to an aromatic ring is 1. The van der Waals surface area contributed by atoms with E-state index in [0.717, 1.165) is 69.6 Å². The van der Waals surface area contributed by atoms with Crippen molar-refractivity contribution in [3.8, 4) is 11.3 Å². The maximum absolute atomic E-state index is 6.03. The summed E-state index contributed by atoms with van der Waals surface area (Å²) >= 11 is 0. The van der Waals surface area contributed by atoms with E-state index in [1.54, 1.807) is 0 Å². The number of morpholine rings is 1. The zero-order valence-corrected chi connectivity index (χ0v) is 16.8. The van der Waals surface area contributed by atoms with Gasteiger partial charge in [-0.15, -0.1) is 0 Å². The average Bonchev–Trinajstić information content (AvgIpc) is 2.74. The van der Waals surface area contributed by atoms with Gasteiger partial charge in [-0.25, -0.2) is 4.98 Å². The van der Waals surface area contributed by atoms with Gasteiger partial charge < -0.3 is 20.3 Å². The Morgan fingerprint density at radius 2 is 1.64 bits per heavy atom. The van der Waals surface area contributed by atoms with Crippen molar-refractivity contribution in [2.24, 2.45) is 0 Å². The number of hydrogen-bond acceptors (Lipinski definition) is 7. The van der Waals surface area contributed by atoms with Crippen molar-refractivity contribution >= 4 is 11.8 Å². The summed E-state index contributed by atoms with van der Waals surface area (Å²) in [7, 11) is 2.15. The second-order valence-corrected chi connectivity index (χ2v) is 7.71. The number of hydrogen-bond donors (Lipinski definition) is 1. The summed E-state index contributed by atoms with van der Waals surface area (Å²) in [6.45, 7) is 9.86. The van der Waals surface area contributed by atoms with Gasteiger partial charge in [0.1, 0.15) is 5.82 Å². The Balaban J connectivity index is 1.52. The van der Waals surface area contributed by atoms with Crippen LogP contribution in [0.4, 0.5) is 11.8 Å².